The summed E-state index contributed by atoms with van der Waals surface area (Å²) < 4.78 is 45.3. The number of aromatic nitrogens is 2. The minimum absolute atomic E-state index is 0.00593. The van der Waals surface area contributed by atoms with Crippen molar-refractivity contribution >= 4 is 50.2 Å². The van der Waals surface area contributed by atoms with Gasteiger partial charge in [0.15, 0.2) is 0 Å². The predicted octanol–water partition coefficient (Wildman–Crippen LogP) is 5.86. The van der Waals surface area contributed by atoms with Crippen LogP contribution in [0.3, 0.4) is 0 Å². The maximum Gasteiger partial charge on any atom is 0.411 e. The number of nitrogens with zero attached hydrogens (tertiary/aromatic N) is 3. The van der Waals surface area contributed by atoms with Crippen LogP contribution in [-0.2, 0) is 24.3 Å². The van der Waals surface area contributed by atoms with Gasteiger partial charge in [-0.15, -0.1) is 17.9 Å². The Hall–Kier alpha value is -4.24. The highest BCUT2D eigenvalue weighted by molar-refractivity contribution is 7.91. The largest absolute Gasteiger partial charge is 0.496 e. The van der Waals surface area contributed by atoms with Gasteiger partial charge in [0.2, 0.25) is 15.9 Å². The second kappa shape index (κ2) is 13.6. The van der Waals surface area contributed by atoms with Crippen LogP contribution in [0.25, 0.3) is 21.6 Å². The Balaban J connectivity index is 1.34. The van der Waals surface area contributed by atoms with Crippen LogP contribution in [0.4, 0.5) is 4.79 Å². The molecule has 0 radical (unpaired) electrons. The number of nitrogens with one attached hydrogen (secondary N) is 2. The van der Waals surface area contributed by atoms with Crippen LogP contribution < -0.4 is 19.5 Å². The van der Waals surface area contributed by atoms with E-state index in [1.54, 1.807) is 41.7 Å². The second-order valence-electron chi connectivity index (χ2n) is 16.0. The van der Waals surface area contributed by atoms with E-state index >= 15 is 0 Å². The van der Waals surface area contributed by atoms with Crippen molar-refractivity contribution in [1.82, 2.24) is 24.9 Å². The van der Waals surface area contributed by atoms with Crippen molar-refractivity contribution in [2.75, 3.05) is 13.7 Å². The Morgan fingerprint density at radius 2 is 1.85 bits per heavy atom. The first-order chi connectivity index (χ1) is 24.7. The molecule has 15 heteroatoms. The molecule has 1 aliphatic heterocycles. The van der Waals surface area contributed by atoms with Gasteiger partial charge in [-0.05, 0) is 71.9 Å². The summed E-state index contributed by atoms with van der Waals surface area (Å²) in [5.74, 6) is -1.18. The molecule has 2 aliphatic carbocycles. The smallest absolute Gasteiger partial charge is 0.411 e. The SMILES string of the molecule is C=C[C@@H]1C[C@]1(NC(=O)[C@@H]1[C@@H](C)[C@@H](Oc2cc(-c3nc(C(C)C)cs3)nc3c(C)c(OC)ccc23)CN1C(=O)OC(C)(C)C)C(=O)NS(=O)(=O)C1(C)CC1. The number of carbonyl (C=O) groups is 3. The predicted molar refractivity (Wildman–Crippen MR) is 202 cm³/mol. The Labute approximate surface area is 314 Å². The van der Waals surface area contributed by atoms with Gasteiger partial charge >= 0.3 is 6.09 Å². The van der Waals surface area contributed by atoms with E-state index in [4.69, 9.17) is 24.2 Å². The Morgan fingerprint density at radius 1 is 1.15 bits per heavy atom. The Kier molecular flexibility index (Phi) is 9.85. The molecule has 2 saturated carbocycles. The summed E-state index contributed by atoms with van der Waals surface area (Å²) in [6.07, 6.45) is 1.15. The molecule has 53 heavy (non-hydrogen) atoms. The van der Waals surface area contributed by atoms with Crippen molar-refractivity contribution in [3.63, 3.8) is 0 Å². The van der Waals surface area contributed by atoms with E-state index in [9.17, 15) is 22.8 Å². The van der Waals surface area contributed by atoms with Crippen LogP contribution in [0.5, 0.6) is 11.5 Å². The fraction of sp³-hybridized carbons (Fsp3) is 0.553. The molecule has 6 rings (SSSR count). The van der Waals surface area contributed by atoms with Gasteiger partial charge in [-0.1, -0.05) is 26.8 Å². The minimum atomic E-state index is -3.97. The normalized spacial score (nSPS) is 24.8. The van der Waals surface area contributed by atoms with Gasteiger partial charge in [0.1, 0.15) is 45.5 Å². The molecule has 3 aromatic rings. The fourth-order valence-corrected chi connectivity index (χ4v) is 9.00. The minimum Gasteiger partial charge on any atom is -0.496 e. The quantitative estimate of drug-likeness (QED) is 0.226. The molecule has 3 amide bonds. The lowest BCUT2D eigenvalue weighted by molar-refractivity contribution is -0.132. The number of ether oxygens (including phenoxy) is 3. The molecule has 2 N–H and O–H groups in total. The fourth-order valence-electron chi connectivity index (χ4n) is 6.74. The molecule has 0 unspecified atom stereocenters. The maximum absolute atomic E-state index is 14.3. The highest BCUT2D eigenvalue weighted by Crippen LogP contribution is 2.47. The molecule has 2 aromatic heterocycles. The number of pyridine rings is 1. The van der Waals surface area contributed by atoms with E-state index in [0.29, 0.717) is 40.9 Å². The van der Waals surface area contributed by atoms with Crippen molar-refractivity contribution in [1.29, 1.82) is 0 Å². The second-order valence-corrected chi connectivity index (χ2v) is 19.1. The number of carbonyl (C=O) groups excluding carboxylic acids is 3. The number of benzene rings is 1. The first-order valence-corrected chi connectivity index (χ1v) is 20.2. The van der Waals surface area contributed by atoms with E-state index in [2.05, 4.69) is 30.5 Å². The van der Waals surface area contributed by atoms with Crippen LogP contribution in [0, 0.1) is 18.8 Å². The molecule has 3 heterocycles. The molecule has 3 aliphatic rings. The van der Waals surface area contributed by atoms with Gasteiger partial charge in [0.05, 0.1) is 29.6 Å². The summed E-state index contributed by atoms with van der Waals surface area (Å²) in [6, 6.07) is 4.41. The van der Waals surface area contributed by atoms with E-state index < -0.39 is 67.8 Å². The number of aryl methyl sites for hydroxylation is 1. The van der Waals surface area contributed by atoms with Gasteiger partial charge in [0, 0.05) is 34.2 Å². The van der Waals surface area contributed by atoms with E-state index in [1.807, 2.05) is 30.5 Å². The third kappa shape index (κ3) is 7.21. The Morgan fingerprint density at radius 3 is 2.42 bits per heavy atom. The Bertz CT molecular complexity index is 2090. The third-order valence-corrected chi connectivity index (χ3v) is 13.6. The molecule has 1 saturated heterocycles. The maximum atomic E-state index is 14.3. The van der Waals surface area contributed by atoms with Crippen molar-refractivity contribution < 1.29 is 37.0 Å². The highest BCUT2D eigenvalue weighted by Gasteiger charge is 2.63. The van der Waals surface area contributed by atoms with E-state index in [1.165, 1.54) is 22.3 Å². The molecular formula is C38H49N5O8S2. The first-order valence-electron chi connectivity index (χ1n) is 17.9. The summed E-state index contributed by atoms with van der Waals surface area (Å²) >= 11 is 1.48. The summed E-state index contributed by atoms with van der Waals surface area (Å²) in [5.41, 5.74) is 0.625. The molecular weight excluding hydrogens is 719 g/mol. The summed E-state index contributed by atoms with van der Waals surface area (Å²) in [5, 5.41) is 6.28. The lowest BCUT2D eigenvalue weighted by atomic mass is 9.98. The number of hydrogen-bond donors (Lipinski definition) is 2. The van der Waals surface area contributed by atoms with Gasteiger partial charge in [-0.3, -0.25) is 19.2 Å². The van der Waals surface area contributed by atoms with Crippen LogP contribution in [0.15, 0.2) is 36.2 Å². The van der Waals surface area contributed by atoms with Crippen LogP contribution >= 0.6 is 11.3 Å². The molecule has 1 aromatic carbocycles. The van der Waals surface area contributed by atoms with Gasteiger partial charge in [-0.25, -0.2) is 23.2 Å². The number of sulfonamides is 1. The molecule has 0 spiro atoms. The number of methoxy groups -OCH3 is 1. The van der Waals surface area contributed by atoms with Gasteiger partial charge in [-0.2, -0.15) is 0 Å². The first kappa shape index (κ1) is 38.5. The molecule has 3 fully saturated rings. The van der Waals surface area contributed by atoms with Gasteiger partial charge < -0.3 is 19.5 Å². The average molecular weight is 768 g/mol. The molecule has 286 valence electrons. The zero-order valence-electron chi connectivity index (χ0n) is 31.7. The molecule has 0 bridgehead atoms. The van der Waals surface area contributed by atoms with Crippen LogP contribution in [0.1, 0.15) is 84.9 Å². The number of hydrogen-bond acceptors (Lipinski definition) is 11. The van der Waals surface area contributed by atoms with E-state index in [-0.39, 0.29) is 18.9 Å². The van der Waals surface area contributed by atoms with Crippen LogP contribution in [-0.4, -0.2) is 82.9 Å². The average Bonchev–Trinajstić information content (AvgIpc) is 3.89. The van der Waals surface area contributed by atoms with Crippen LogP contribution in [0.2, 0.25) is 0 Å². The summed E-state index contributed by atoms with van der Waals surface area (Å²) in [4.78, 5) is 52.8. The number of likely N-dealkylation sites (tertiary alicyclic amines) is 1. The van der Waals surface area contributed by atoms with Crippen molar-refractivity contribution in [3.8, 4) is 22.2 Å². The number of thiazole rings is 1. The number of fused-ring (bicyclic) bond motifs is 1. The van der Waals surface area contributed by atoms with Gasteiger partial charge in [0.25, 0.3) is 5.91 Å². The molecule has 13 nitrogen and oxygen atoms in total. The monoisotopic (exact) mass is 767 g/mol. The summed E-state index contributed by atoms with van der Waals surface area (Å²) in [7, 11) is -2.37. The molecule has 5 atom stereocenters. The summed E-state index contributed by atoms with van der Waals surface area (Å²) in [6.45, 7) is 18.4. The lowest BCUT2D eigenvalue weighted by Gasteiger charge is -2.30. The standard InChI is InChI=1S/C38H49N5O8S2/c1-11-23-17-38(23,34(45)42-53(47,48)37(9)14-15-37)41-32(44)31-22(5)29(18-43(31)35(46)51-36(6,7)8)50-28-16-25(33-40-26(19-52-33)20(2)3)39-30-21(4)27(49-10)13-12-24(28)30/h11-13,16,19-20,22-23,29,31H,1,14-15,17-18H2,2-10H3,(H,41,44)(H,42,45)/t22-,23+,29-,31-,38+/m0/s1. The topological polar surface area (TPSA) is 166 Å². The van der Waals surface area contributed by atoms with E-state index in [0.717, 1.165) is 16.3 Å². The zero-order chi connectivity index (χ0) is 38.8. The zero-order valence-corrected chi connectivity index (χ0v) is 33.4. The van der Waals surface area contributed by atoms with Crippen molar-refractivity contribution in [2.24, 2.45) is 11.8 Å². The number of amides is 3. The number of rotatable bonds is 11. The highest BCUT2D eigenvalue weighted by atomic mass is 32.2. The third-order valence-electron chi connectivity index (χ3n) is 10.6. The van der Waals surface area contributed by atoms with Crippen molar-refractivity contribution in [2.45, 2.75) is 109 Å². The lowest BCUT2D eigenvalue weighted by Crippen LogP contribution is -2.58. The van der Waals surface area contributed by atoms with Crippen molar-refractivity contribution in [3.05, 3.63) is 47.5 Å².